The molecule has 2 fully saturated rings. The highest BCUT2D eigenvalue weighted by Crippen LogP contribution is 2.41. The Balaban J connectivity index is 2.04. The van der Waals surface area contributed by atoms with E-state index in [1.54, 1.807) is 0 Å². The van der Waals surface area contributed by atoms with Gasteiger partial charge in [-0.25, -0.2) is 0 Å². The summed E-state index contributed by atoms with van der Waals surface area (Å²) in [4.78, 5) is 12.4. The van der Waals surface area contributed by atoms with E-state index in [-0.39, 0.29) is 11.5 Å². The molecule has 0 aliphatic carbocycles. The van der Waals surface area contributed by atoms with Crippen molar-refractivity contribution in [1.29, 1.82) is 0 Å². The lowest BCUT2D eigenvalue weighted by molar-refractivity contribution is -0.130. The van der Waals surface area contributed by atoms with E-state index in [0.29, 0.717) is 5.78 Å². The lowest BCUT2D eigenvalue weighted by atomic mass is 9.81. The third-order valence-corrected chi connectivity index (χ3v) is 5.20. The largest absolute Gasteiger partial charge is 0.374 e. The second-order valence-electron chi connectivity index (χ2n) is 5.06. The fraction of sp³-hybridized carbons (Fsp3) is 0.786. The fourth-order valence-corrected chi connectivity index (χ4v) is 4.28. The molecule has 17 heavy (non-hydrogen) atoms. The highest BCUT2D eigenvalue weighted by Gasteiger charge is 2.42. The normalized spacial score (nSPS) is 34.2. The summed E-state index contributed by atoms with van der Waals surface area (Å²) in [5.41, 5.74) is 1.02. The van der Waals surface area contributed by atoms with Crippen molar-refractivity contribution in [2.24, 2.45) is 5.92 Å². The SMILES string of the molecule is CC=C(CC)C(=O)C1CCOC2(CCSC2)C1. The molecule has 0 radical (unpaired) electrons. The molecule has 2 saturated heterocycles. The number of hydrogen-bond donors (Lipinski definition) is 0. The first-order valence-electron chi connectivity index (χ1n) is 6.62. The van der Waals surface area contributed by atoms with Crippen LogP contribution in [-0.4, -0.2) is 29.5 Å². The first-order valence-corrected chi connectivity index (χ1v) is 7.77. The molecule has 3 heteroatoms. The first kappa shape index (κ1) is 13.2. The number of hydrogen-bond acceptors (Lipinski definition) is 3. The van der Waals surface area contributed by atoms with Gasteiger partial charge in [-0.3, -0.25) is 4.79 Å². The van der Waals surface area contributed by atoms with Crippen molar-refractivity contribution in [2.45, 2.75) is 45.1 Å². The number of rotatable bonds is 3. The van der Waals surface area contributed by atoms with Crippen molar-refractivity contribution in [2.75, 3.05) is 18.1 Å². The molecule has 0 aromatic rings. The maximum Gasteiger partial charge on any atom is 0.161 e. The van der Waals surface area contributed by atoms with Crippen LogP contribution in [0.15, 0.2) is 11.6 Å². The van der Waals surface area contributed by atoms with Gasteiger partial charge >= 0.3 is 0 Å². The maximum atomic E-state index is 12.4. The van der Waals surface area contributed by atoms with Crippen LogP contribution in [0.2, 0.25) is 0 Å². The van der Waals surface area contributed by atoms with Gasteiger partial charge in [0.1, 0.15) is 0 Å². The van der Waals surface area contributed by atoms with E-state index in [2.05, 4.69) is 6.92 Å². The fourth-order valence-electron chi connectivity index (χ4n) is 2.90. The van der Waals surface area contributed by atoms with Crippen molar-refractivity contribution >= 4 is 17.5 Å². The number of carbonyl (C=O) groups excluding carboxylic acids is 1. The average molecular weight is 254 g/mol. The number of allylic oxidation sites excluding steroid dienone is 2. The molecule has 2 heterocycles. The van der Waals surface area contributed by atoms with Crippen LogP contribution in [0.3, 0.4) is 0 Å². The highest BCUT2D eigenvalue weighted by atomic mass is 32.2. The van der Waals surface area contributed by atoms with Crippen LogP contribution in [0.5, 0.6) is 0 Å². The highest BCUT2D eigenvalue weighted by molar-refractivity contribution is 7.99. The molecule has 0 aromatic heterocycles. The summed E-state index contributed by atoms with van der Waals surface area (Å²) >= 11 is 1.96. The van der Waals surface area contributed by atoms with Crippen LogP contribution in [0.1, 0.15) is 39.5 Å². The van der Waals surface area contributed by atoms with Crippen LogP contribution < -0.4 is 0 Å². The molecule has 0 aromatic carbocycles. The third-order valence-electron chi connectivity index (χ3n) is 3.98. The Labute approximate surface area is 108 Å². The van der Waals surface area contributed by atoms with Crippen molar-refractivity contribution < 1.29 is 9.53 Å². The predicted octanol–water partition coefficient (Wildman–Crippen LogP) is 3.21. The van der Waals surface area contributed by atoms with Crippen LogP contribution in [0.4, 0.5) is 0 Å². The van der Waals surface area contributed by atoms with E-state index >= 15 is 0 Å². The van der Waals surface area contributed by atoms with Crippen molar-refractivity contribution in [3.05, 3.63) is 11.6 Å². The van der Waals surface area contributed by atoms with Gasteiger partial charge in [0.15, 0.2) is 5.78 Å². The Bertz CT molecular complexity index is 316. The predicted molar refractivity (Wildman–Crippen MR) is 72.4 cm³/mol. The minimum atomic E-state index is 0.0236. The van der Waals surface area contributed by atoms with Crippen molar-refractivity contribution in [3.8, 4) is 0 Å². The molecule has 2 unspecified atom stereocenters. The minimum absolute atomic E-state index is 0.0236. The van der Waals surface area contributed by atoms with Crippen molar-refractivity contribution in [3.63, 3.8) is 0 Å². The first-order chi connectivity index (χ1) is 8.21. The van der Waals surface area contributed by atoms with Crippen molar-refractivity contribution in [1.82, 2.24) is 0 Å². The Morgan fingerprint density at radius 2 is 2.41 bits per heavy atom. The minimum Gasteiger partial charge on any atom is -0.374 e. The summed E-state index contributed by atoms with van der Waals surface area (Å²) in [6.45, 7) is 4.79. The van der Waals surface area contributed by atoms with E-state index in [1.165, 1.54) is 5.75 Å². The van der Waals surface area contributed by atoms with E-state index in [0.717, 1.165) is 43.6 Å². The summed E-state index contributed by atoms with van der Waals surface area (Å²) in [6, 6.07) is 0. The Hall–Kier alpha value is -0.280. The Morgan fingerprint density at radius 3 is 3.00 bits per heavy atom. The standard InChI is InChI=1S/C14H22O2S/c1-3-11(4-2)13(15)12-5-7-16-14(9-12)6-8-17-10-14/h3,12H,4-10H2,1-2H3. The molecule has 2 aliphatic heterocycles. The monoisotopic (exact) mass is 254 g/mol. The van der Waals surface area contributed by atoms with Gasteiger partial charge in [-0.15, -0.1) is 0 Å². The Morgan fingerprint density at radius 1 is 1.59 bits per heavy atom. The van der Waals surface area contributed by atoms with E-state index in [1.807, 2.05) is 24.8 Å². The van der Waals surface area contributed by atoms with Gasteiger partial charge in [-0.2, -0.15) is 11.8 Å². The molecule has 96 valence electrons. The zero-order valence-electron chi connectivity index (χ0n) is 10.8. The maximum absolute atomic E-state index is 12.4. The molecule has 0 saturated carbocycles. The van der Waals surface area contributed by atoms with Gasteiger partial charge in [0, 0.05) is 18.3 Å². The molecule has 2 atom stereocenters. The molecule has 0 amide bonds. The summed E-state index contributed by atoms with van der Waals surface area (Å²) in [6.07, 6.45) is 5.81. The van der Waals surface area contributed by atoms with Gasteiger partial charge in [0.05, 0.1) is 5.60 Å². The average Bonchev–Trinajstić information content (AvgIpc) is 2.78. The molecule has 2 rings (SSSR count). The number of ether oxygens (including phenoxy) is 1. The van der Waals surface area contributed by atoms with Gasteiger partial charge in [-0.05, 0) is 43.9 Å². The second kappa shape index (κ2) is 5.57. The second-order valence-corrected chi connectivity index (χ2v) is 6.16. The van der Waals surface area contributed by atoms with Crippen LogP contribution in [-0.2, 0) is 9.53 Å². The van der Waals surface area contributed by atoms with E-state index in [9.17, 15) is 4.79 Å². The van der Waals surface area contributed by atoms with Crippen LogP contribution in [0.25, 0.3) is 0 Å². The van der Waals surface area contributed by atoms with Gasteiger partial charge in [0.25, 0.3) is 0 Å². The number of carbonyl (C=O) groups is 1. The summed E-state index contributed by atoms with van der Waals surface area (Å²) in [7, 11) is 0. The molecule has 0 N–H and O–H groups in total. The molecule has 1 spiro atoms. The number of ketones is 1. The lowest BCUT2D eigenvalue weighted by Gasteiger charge is -2.37. The summed E-state index contributed by atoms with van der Waals surface area (Å²) in [5, 5.41) is 0. The van der Waals surface area contributed by atoms with Gasteiger partial charge in [0.2, 0.25) is 0 Å². The molecular formula is C14H22O2S. The summed E-state index contributed by atoms with van der Waals surface area (Å²) < 4.78 is 5.96. The van der Waals surface area contributed by atoms with E-state index in [4.69, 9.17) is 4.74 Å². The van der Waals surface area contributed by atoms with Gasteiger partial charge in [-0.1, -0.05) is 13.0 Å². The molecule has 2 nitrogen and oxygen atoms in total. The molecule has 0 bridgehead atoms. The quantitative estimate of drug-likeness (QED) is 0.723. The molecule has 2 aliphatic rings. The topological polar surface area (TPSA) is 26.3 Å². The lowest BCUT2D eigenvalue weighted by Crippen LogP contribution is -2.42. The Kier molecular flexibility index (Phi) is 4.31. The zero-order valence-corrected chi connectivity index (χ0v) is 11.6. The van der Waals surface area contributed by atoms with Crippen LogP contribution in [0, 0.1) is 5.92 Å². The van der Waals surface area contributed by atoms with Crippen LogP contribution >= 0.6 is 11.8 Å². The third kappa shape index (κ3) is 2.76. The van der Waals surface area contributed by atoms with Gasteiger partial charge < -0.3 is 4.74 Å². The number of thioether (sulfide) groups is 1. The van der Waals surface area contributed by atoms with E-state index < -0.39 is 0 Å². The summed E-state index contributed by atoms with van der Waals surface area (Å²) in [5.74, 6) is 2.84. The smallest absolute Gasteiger partial charge is 0.161 e. The number of Topliss-reactive ketones (excluding diaryl/α,β-unsaturated/α-hetero) is 1. The zero-order chi connectivity index (χ0) is 12.3. The molecular weight excluding hydrogens is 232 g/mol.